The molecule has 0 saturated carbocycles. The highest BCUT2D eigenvalue weighted by atomic mass is 32.1. The van der Waals surface area contributed by atoms with E-state index in [0.717, 1.165) is 29.8 Å². The van der Waals surface area contributed by atoms with Gasteiger partial charge >= 0.3 is 0 Å². The van der Waals surface area contributed by atoms with E-state index < -0.39 is 0 Å². The van der Waals surface area contributed by atoms with Crippen LogP contribution in [0.5, 0.6) is 0 Å². The van der Waals surface area contributed by atoms with Gasteiger partial charge in [-0.15, -0.1) is 11.3 Å². The van der Waals surface area contributed by atoms with Crippen LogP contribution in [0, 0.1) is 11.8 Å². The number of carbonyl (C=O) groups is 1. The highest BCUT2D eigenvalue weighted by Crippen LogP contribution is 2.15. The van der Waals surface area contributed by atoms with Crippen molar-refractivity contribution >= 4 is 17.2 Å². The van der Waals surface area contributed by atoms with Crippen molar-refractivity contribution in [2.24, 2.45) is 5.73 Å². The maximum absolute atomic E-state index is 12.0. The summed E-state index contributed by atoms with van der Waals surface area (Å²) in [7, 11) is 1.83. The third-order valence-electron chi connectivity index (χ3n) is 2.35. The molecule has 1 aromatic heterocycles. The average Bonchev–Trinajstić information content (AvgIpc) is 2.81. The zero-order valence-electron chi connectivity index (χ0n) is 10.3. The van der Waals surface area contributed by atoms with E-state index in [1.807, 2.05) is 18.5 Å². The van der Waals surface area contributed by atoms with Gasteiger partial charge in [-0.1, -0.05) is 25.2 Å². The first-order chi connectivity index (χ1) is 8.19. The van der Waals surface area contributed by atoms with E-state index in [-0.39, 0.29) is 5.91 Å². The van der Waals surface area contributed by atoms with Crippen LogP contribution in [-0.2, 0) is 0 Å². The Balaban J connectivity index is 2.66. The molecule has 0 fully saturated rings. The highest BCUT2D eigenvalue weighted by Gasteiger charge is 2.12. The Bertz CT molecular complexity index is 428. The smallest absolute Gasteiger partial charge is 0.254 e. The number of nitrogens with two attached hydrogens (primary N) is 1. The molecule has 0 aromatic carbocycles. The first-order valence-electron chi connectivity index (χ1n) is 5.72. The molecule has 1 aromatic rings. The molecule has 0 bridgehead atoms. The van der Waals surface area contributed by atoms with E-state index in [4.69, 9.17) is 5.73 Å². The lowest BCUT2D eigenvalue weighted by Crippen LogP contribution is -2.27. The minimum atomic E-state index is 0.0653. The predicted octanol–water partition coefficient (Wildman–Crippen LogP) is 1.93. The summed E-state index contributed by atoms with van der Waals surface area (Å²) in [5, 5.41) is 1.85. The average molecular weight is 250 g/mol. The number of amides is 1. The number of nitrogens with zero attached hydrogens (tertiary/aromatic N) is 1. The van der Waals surface area contributed by atoms with E-state index in [2.05, 4.69) is 18.8 Å². The zero-order chi connectivity index (χ0) is 12.7. The van der Waals surface area contributed by atoms with Crippen LogP contribution in [0.1, 0.15) is 35.0 Å². The number of thiophene rings is 1. The van der Waals surface area contributed by atoms with Crippen molar-refractivity contribution < 1.29 is 4.79 Å². The Labute approximate surface area is 107 Å². The van der Waals surface area contributed by atoms with Crippen molar-refractivity contribution in [3.8, 4) is 11.8 Å². The summed E-state index contributed by atoms with van der Waals surface area (Å²) in [6.45, 7) is 3.26. The maximum atomic E-state index is 12.0. The van der Waals surface area contributed by atoms with Crippen molar-refractivity contribution in [1.29, 1.82) is 0 Å². The quantitative estimate of drug-likeness (QED) is 0.830. The van der Waals surface area contributed by atoms with Gasteiger partial charge in [0.25, 0.3) is 5.91 Å². The molecule has 0 saturated heterocycles. The monoisotopic (exact) mass is 250 g/mol. The van der Waals surface area contributed by atoms with Gasteiger partial charge in [-0.05, 0) is 12.5 Å². The fourth-order valence-electron chi connectivity index (χ4n) is 1.37. The standard InChI is InChI=1S/C13H18N2OS/c1-3-4-8-15(2)13(16)11-9-12(17-10-11)6-5-7-14/h9-10H,3-4,7-8,14H2,1-2H3. The van der Waals surface area contributed by atoms with Crippen LogP contribution in [0.3, 0.4) is 0 Å². The normalized spacial score (nSPS) is 9.59. The second-order valence-electron chi connectivity index (χ2n) is 3.79. The molecule has 0 aliphatic rings. The van der Waals surface area contributed by atoms with Crippen molar-refractivity contribution in [1.82, 2.24) is 4.90 Å². The van der Waals surface area contributed by atoms with E-state index in [0.29, 0.717) is 6.54 Å². The van der Waals surface area contributed by atoms with Gasteiger partial charge in [0.05, 0.1) is 17.0 Å². The van der Waals surface area contributed by atoms with Gasteiger partial charge in [-0.2, -0.15) is 0 Å². The van der Waals surface area contributed by atoms with Crippen molar-refractivity contribution in [2.75, 3.05) is 20.1 Å². The predicted molar refractivity (Wildman–Crippen MR) is 72.1 cm³/mol. The molecule has 0 radical (unpaired) electrons. The summed E-state index contributed by atoms with van der Waals surface area (Å²) in [6, 6.07) is 1.83. The summed E-state index contributed by atoms with van der Waals surface area (Å²) in [4.78, 5) is 14.6. The van der Waals surface area contributed by atoms with Crippen molar-refractivity contribution in [3.63, 3.8) is 0 Å². The third-order valence-corrected chi connectivity index (χ3v) is 3.20. The van der Waals surface area contributed by atoms with Gasteiger partial charge in [-0.25, -0.2) is 0 Å². The molecule has 1 amide bonds. The number of hydrogen-bond donors (Lipinski definition) is 1. The van der Waals surface area contributed by atoms with Gasteiger partial charge in [0, 0.05) is 19.0 Å². The van der Waals surface area contributed by atoms with Gasteiger partial charge in [0.1, 0.15) is 0 Å². The molecule has 1 heterocycles. The molecule has 3 nitrogen and oxygen atoms in total. The lowest BCUT2D eigenvalue weighted by molar-refractivity contribution is 0.0794. The van der Waals surface area contributed by atoms with Crippen LogP contribution in [0.15, 0.2) is 11.4 Å². The lowest BCUT2D eigenvalue weighted by Gasteiger charge is -2.15. The summed E-state index contributed by atoms with van der Waals surface area (Å²) in [6.07, 6.45) is 2.13. The Morgan fingerprint density at radius 2 is 2.35 bits per heavy atom. The molecule has 0 aliphatic carbocycles. The molecule has 0 atom stereocenters. The first kappa shape index (κ1) is 13.8. The Hall–Kier alpha value is -1.31. The third kappa shape index (κ3) is 4.22. The van der Waals surface area contributed by atoms with Crippen LogP contribution in [0.4, 0.5) is 0 Å². The number of rotatable bonds is 4. The van der Waals surface area contributed by atoms with E-state index in [1.165, 1.54) is 11.3 Å². The summed E-state index contributed by atoms with van der Waals surface area (Å²) in [5.41, 5.74) is 6.02. The van der Waals surface area contributed by atoms with Crippen LogP contribution in [-0.4, -0.2) is 30.9 Å². The highest BCUT2D eigenvalue weighted by molar-refractivity contribution is 7.10. The molecule has 1 rings (SSSR count). The molecule has 0 spiro atoms. The summed E-state index contributed by atoms with van der Waals surface area (Å²) >= 11 is 1.48. The Morgan fingerprint density at radius 1 is 1.59 bits per heavy atom. The van der Waals surface area contributed by atoms with Gasteiger partial charge in [-0.3, -0.25) is 4.79 Å². The minimum absolute atomic E-state index is 0.0653. The van der Waals surface area contributed by atoms with Crippen LogP contribution in [0.25, 0.3) is 0 Å². The van der Waals surface area contributed by atoms with Crippen LogP contribution < -0.4 is 5.73 Å². The SMILES string of the molecule is CCCCN(C)C(=O)c1csc(C#CCN)c1. The molecule has 0 unspecified atom stereocenters. The second kappa shape index (κ2) is 7.10. The first-order valence-corrected chi connectivity index (χ1v) is 6.60. The Morgan fingerprint density at radius 3 is 3.00 bits per heavy atom. The number of hydrogen-bond acceptors (Lipinski definition) is 3. The van der Waals surface area contributed by atoms with Crippen LogP contribution >= 0.6 is 11.3 Å². The molecule has 4 heteroatoms. The molecule has 92 valence electrons. The lowest BCUT2D eigenvalue weighted by atomic mass is 10.2. The van der Waals surface area contributed by atoms with Crippen molar-refractivity contribution in [2.45, 2.75) is 19.8 Å². The second-order valence-corrected chi connectivity index (χ2v) is 4.70. The largest absolute Gasteiger partial charge is 0.342 e. The minimum Gasteiger partial charge on any atom is -0.342 e. The van der Waals surface area contributed by atoms with E-state index in [9.17, 15) is 4.79 Å². The summed E-state index contributed by atoms with van der Waals surface area (Å²) < 4.78 is 0. The molecular formula is C13H18N2OS. The van der Waals surface area contributed by atoms with Crippen LogP contribution in [0.2, 0.25) is 0 Å². The number of carbonyl (C=O) groups excluding carboxylic acids is 1. The van der Waals surface area contributed by atoms with E-state index >= 15 is 0 Å². The molecular weight excluding hydrogens is 232 g/mol. The van der Waals surface area contributed by atoms with Gasteiger partial charge in [0.2, 0.25) is 0 Å². The fourth-order valence-corrected chi connectivity index (χ4v) is 2.12. The molecule has 17 heavy (non-hydrogen) atoms. The molecule has 2 N–H and O–H groups in total. The maximum Gasteiger partial charge on any atom is 0.254 e. The summed E-state index contributed by atoms with van der Waals surface area (Å²) in [5.74, 6) is 5.78. The fraction of sp³-hybridized carbons (Fsp3) is 0.462. The molecule has 0 aliphatic heterocycles. The van der Waals surface area contributed by atoms with E-state index in [1.54, 1.807) is 4.90 Å². The number of unbranched alkanes of at least 4 members (excludes halogenated alkanes) is 1. The van der Waals surface area contributed by atoms with Crippen molar-refractivity contribution in [3.05, 3.63) is 21.9 Å². The topological polar surface area (TPSA) is 46.3 Å². The zero-order valence-corrected chi connectivity index (χ0v) is 11.1. The van der Waals surface area contributed by atoms with Gasteiger partial charge in [0.15, 0.2) is 0 Å². The Kier molecular flexibility index (Phi) is 5.75. The van der Waals surface area contributed by atoms with Gasteiger partial charge < -0.3 is 10.6 Å².